The van der Waals surface area contributed by atoms with Gasteiger partial charge in [-0.15, -0.1) is 16.4 Å². The minimum Gasteiger partial charge on any atom is -0.465 e. The van der Waals surface area contributed by atoms with E-state index in [1.807, 2.05) is 0 Å². The Morgan fingerprint density at radius 2 is 2.03 bits per heavy atom. The molecular weight excluding hydrogens is 511 g/mol. The first-order valence-corrected chi connectivity index (χ1v) is 11.2. The Labute approximate surface area is 205 Å². The van der Waals surface area contributed by atoms with E-state index < -0.39 is 17.7 Å². The molecule has 0 atom stereocenters. The molecule has 0 aliphatic carbocycles. The molecule has 0 radical (unpaired) electrons. The van der Waals surface area contributed by atoms with Gasteiger partial charge in [0.15, 0.2) is 5.11 Å². The van der Waals surface area contributed by atoms with Gasteiger partial charge < -0.3 is 10.1 Å². The number of carbonyl (C=O) groups excluding carboxylic acids is 1. The molecule has 2 N–H and O–H groups in total. The van der Waals surface area contributed by atoms with E-state index >= 15 is 0 Å². The summed E-state index contributed by atoms with van der Waals surface area (Å²) in [6.07, 6.45) is -3.03. The first-order valence-electron chi connectivity index (χ1n) is 9.58. The van der Waals surface area contributed by atoms with Gasteiger partial charge in [-0.25, -0.2) is 14.5 Å². The number of alkyl halides is 3. The molecule has 4 aromatic rings. The third-order valence-corrected chi connectivity index (χ3v) is 6.46. The fourth-order valence-corrected chi connectivity index (χ4v) is 4.77. The van der Waals surface area contributed by atoms with Crippen molar-refractivity contribution in [3.05, 3.63) is 69.8 Å². The summed E-state index contributed by atoms with van der Waals surface area (Å²) in [7, 11) is 1.29. The van der Waals surface area contributed by atoms with Gasteiger partial charge in [-0.2, -0.15) is 13.2 Å². The van der Waals surface area contributed by atoms with Crippen LogP contribution in [0.3, 0.4) is 0 Å². The van der Waals surface area contributed by atoms with Gasteiger partial charge in [-0.1, -0.05) is 23.7 Å². The molecule has 0 aliphatic rings. The maximum atomic E-state index is 12.9. The second kappa shape index (κ2) is 9.57. The predicted octanol–water partition coefficient (Wildman–Crippen LogP) is 5.81. The fraction of sp³-hybridized carbons (Fsp3) is 0.143. The zero-order chi connectivity index (χ0) is 24.5. The number of benzene rings is 2. The molecular formula is C21H15ClF3N5O2S2. The highest BCUT2D eigenvalue weighted by Crippen LogP contribution is 2.37. The number of anilines is 2. The number of nitrogens with one attached hydrogen (secondary N) is 2. The number of carbonyl (C=O) groups is 1. The van der Waals surface area contributed by atoms with Gasteiger partial charge in [0.05, 0.1) is 24.2 Å². The molecule has 0 unspecified atom stereocenters. The lowest BCUT2D eigenvalue weighted by molar-refractivity contribution is -0.137. The van der Waals surface area contributed by atoms with E-state index in [-0.39, 0.29) is 17.6 Å². The Morgan fingerprint density at radius 1 is 1.24 bits per heavy atom. The lowest BCUT2D eigenvalue weighted by atomic mass is 10.1. The number of rotatable bonds is 5. The van der Waals surface area contributed by atoms with Gasteiger partial charge in [-0.3, -0.25) is 5.32 Å². The number of aromatic nitrogens is 3. The summed E-state index contributed by atoms with van der Waals surface area (Å²) in [6.45, 7) is 0.108. The maximum Gasteiger partial charge on any atom is 0.416 e. The van der Waals surface area contributed by atoms with Crippen molar-refractivity contribution in [2.75, 3.05) is 17.7 Å². The first kappa shape index (κ1) is 23.9. The van der Waals surface area contributed by atoms with Crippen molar-refractivity contribution in [2.45, 2.75) is 12.7 Å². The number of fused-ring (bicyclic) bond motifs is 1. The Kier molecular flexibility index (Phi) is 6.73. The van der Waals surface area contributed by atoms with Crippen LogP contribution < -0.4 is 10.6 Å². The zero-order valence-electron chi connectivity index (χ0n) is 17.3. The number of thiophene rings is 1. The SMILES string of the molecule is COC(=O)c1sc2cc(NC(=S)Nc3ncn(Cc4cccc(C(F)(F)F)c4)n3)ccc2c1Cl. The lowest BCUT2D eigenvalue weighted by Crippen LogP contribution is -2.20. The van der Waals surface area contributed by atoms with Crippen molar-refractivity contribution in [1.29, 1.82) is 0 Å². The molecule has 0 amide bonds. The van der Waals surface area contributed by atoms with Crippen molar-refractivity contribution >= 4 is 68.0 Å². The number of ether oxygens (including phenoxy) is 1. The van der Waals surface area contributed by atoms with Crippen LogP contribution >= 0.6 is 35.2 Å². The molecule has 0 saturated heterocycles. The monoisotopic (exact) mass is 525 g/mol. The number of hydrogen-bond acceptors (Lipinski definition) is 6. The van der Waals surface area contributed by atoms with Crippen LogP contribution in [0, 0.1) is 0 Å². The van der Waals surface area contributed by atoms with Gasteiger partial charge >= 0.3 is 12.1 Å². The van der Waals surface area contributed by atoms with Crippen LogP contribution in [-0.2, 0) is 17.5 Å². The van der Waals surface area contributed by atoms with Crippen LogP contribution in [0.2, 0.25) is 5.02 Å². The Hall–Kier alpha value is -3.22. The number of hydrogen-bond donors (Lipinski definition) is 2. The lowest BCUT2D eigenvalue weighted by Gasteiger charge is -2.09. The van der Waals surface area contributed by atoms with Gasteiger partial charge in [0.2, 0.25) is 5.95 Å². The van der Waals surface area contributed by atoms with Crippen molar-refractivity contribution < 1.29 is 22.7 Å². The van der Waals surface area contributed by atoms with Gasteiger partial charge in [0, 0.05) is 15.8 Å². The van der Waals surface area contributed by atoms with Crippen molar-refractivity contribution in [1.82, 2.24) is 14.8 Å². The minimum atomic E-state index is -4.42. The van der Waals surface area contributed by atoms with Crippen LogP contribution in [0.1, 0.15) is 20.8 Å². The largest absolute Gasteiger partial charge is 0.465 e. The topological polar surface area (TPSA) is 81.1 Å². The predicted molar refractivity (Wildman–Crippen MR) is 129 cm³/mol. The van der Waals surface area contributed by atoms with Crippen molar-refractivity contribution in [2.24, 2.45) is 0 Å². The molecule has 13 heteroatoms. The molecule has 0 saturated carbocycles. The quantitative estimate of drug-likeness (QED) is 0.251. The smallest absolute Gasteiger partial charge is 0.416 e. The average Bonchev–Trinajstić information content (AvgIpc) is 3.36. The number of esters is 1. The van der Waals surface area contributed by atoms with Crippen LogP contribution in [-0.4, -0.2) is 33.0 Å². The van der Waals surface area contributed by atoms with E-state index in [1.165, 1.54) is 35.5 Å². The highest BCUT2D eigenvalue weighted by Gasteiger charge is 2.30. The van der Waals surface area contributed by atoms with E-state index in [1.54, 1.807) is 24.3 Å². The van der Waals surface area contributed by atoms with Gasteiger partial charge in [0.1, 0.15) is 11.2 Å². The van der Waals surface area contributed by atoms with Crippen LogP contribution in [0.5, 0.6) is 0 Å². The van der Waals surface area contributed by atoms with Gasteiger partial charge in [-0.05, 0) is 48.1 Å². The third kappa shape index (κ3) is 5.29. The Morgan fingerprint density at radius 3 is 2.76 bits per heavy atom. The van der Waals surface area contributed by atoms with E-state index in [0.29, 0.717) is 26.5 Å². The molecule has 176 valence electrons. The summed E-state index contributed by atoms with van der Waals surface area (Å²) in [4.78, 5) is 16.2. The maximum absolute atomic E-state index is 12.9. The molecule has 0 bridgehead atoms. The Balaban J connectivity index is 1.41. The molecule has 2 aromatic heterocycles. The summed E-state index contributed by atoms with van der Waals surface area (Å²) in [5.41, 5.74) is 0.348. The van der Waals surface area contributed by atoms with Crippen LogP contribution in [0.4, 0.5) is 24.8 Å². The summed E-state index contributed by atoms with van der Waals surface area (Å²) in [5.74, 6) is -0.331. The normalized spacial score (nSPS) is 11.4. The molecule has 7 nitrogen and oxygen atoms in total. The van der Waals surface area contributed by atoms with Crippen molar-refractivity contribution in [3.63, 3.8) is 0 Å². The number of halogens is 4. The zero-order valence-corrected chi connectivity index (χ0v) is 19.7. The number of thiocarbonyl (C=S) groups is 1. The third-order valence-electron chi connectivity index (χ3n) is 4.62. The summed E-state index contributed by atoms with van der Waals surface area (Å²) in [5, 5.41) is 11.3. The molecule has 2 aromatic carbocycles. The highest BCUT2D eigenvalue weighted by molar-refractivity contribution is 7.80. The molecule has 0 fully saturated rings. The van der Waals surface area contributed by atoms with Crippen molar-refractivity contribution in [3.8, 4) is 0 Å². The summed E-state index contributed by atoms with van der Waals surface area (Å²) >= 11 is 12.8. The van der Waals surface area contributed by atoms with E-state index in [2.05, 4.69) is 20.7 Å². The number of methoxy groups -OCH3 is 1. The van der Waals surface area contributed by atoms with E-state index in [0.717, 1.165) is 16.8 Å². The van der Waals surface area contributed by atoms with E-state index in [9.17, 15) is 18.0 Å². The molecule has 0 spiro atoms. The molecule has 2 heterocycles. The highest BCUT2D eigenvalue weighted by atomic mass is 35.5. The molecule has 34 heavy (non-hydrogen) atoms. The van der Waals surface area contributed by atoms with Gasteiger partial charge in [0.25, 0.3) is 0 Å². The fourth-order valence-electron chi connectivity index (χ4n) is 3.09. The Bertz CT molecular complexity index is 1390. The summed E-state index contributed by atoms with van der Waals surface area (Å²) < 4.78 is 45.6. The average molecular weight is 526 g/mol. The molecule has 4 rings (SSSR count). The summed E-state index contributed by atoms with van der Waals surface area (Å²) in [6, 6.07) is 10.3. The first-order chi connectivity index (χ1) is 16.1. The van der Waals surface area contributed by atoms with E-state index in [4.69, 9.17) is 28.6 Å². The van der Waals surface area contributed by atoms with Crippen LogP contribution in [0.15, 0.2) is 48.8 Å². The van der Waals surface area contributed by atoms with Crippen LogP contribution in [0.25, 0.3) is 10.1 Å². The number of nitrogens with zero attached hydrogens (tertiary/aromatic N) is 3. The minimum absolute atomic E-state index is 0.108. The standard InChI is InChI=1S/C21H15ClF3N5O2S2/c1-32-18(31)17-16(22)14-6-5-13(8-15(14)34-17)27-20(33)28-19-26-10-30(29-19)9-11-3-2-4-12(7-11)21(23,24)25/h2-8,10H,9H2,1H3,(H2,27,28,29,33). The molecule has 0 aliphatic heterocycles. The second-order valence-electron chi connectivity index (χ2n) is 6.99. The second-order valence-corrected chi connectivity index (χ2v) is 8.83.